The second kappa shape index (κ2) is 5.37. The predicted molar refractivity (Wildman–Crippen MR) is 70.0 cm³/mol. The van der Waals surface area contributed by atoms with Crippen molar-refractivity contribution in [3.8, 4) is 0 Å². The number of nitrogens with one attached hydrogen (secondary N) is 1. The van der Waals surface area contributed by atoms with E-state index in [0.717, 1.165) is 6.54 Å². The average Bonchev–Trinajstić information content (AvgIpc) is 2.87. The molecule has 4 nitrogen and oxygen atoms in total. The Morgan fingerprint density at radius 1 is 1.44 bits per heavy atom. The zero-order valence-corrected chi connectivity index (χ0v) is 11.1. The summed E-state index contributed by atoms with van der Waals surface area (Å²) in [5.41, 5.74) is 1.52. The van der Waals surface area contributed by atoms with Crippen molar-refractivity contribution in [2.45, 2.75) is 26.9 Å². The second-order valence-electron chi connectivity index (χ2n) is 4.12. The zero-order valence-electron chi connectivity index (χ0n) is 10.3. The van der Waals surface area contributed by atoms with Gasteiger partial charge in [0, 0.05) is 16.3 Å². The van der Waals surface area contributed by atoms with E-state index in [1.54, 1.807) is 11.3 Å². The molecule has 0 radical (unpaired) electrons. The number of carbonyl (C=O) groups is 1. The molecule has 0 aromatic carbocycles. The van der Waals surface area contributed by atoms with E-state index in [1.807, 2.05) is 0 Å². The van der Waals surface area contributed by atoms with E-state index in [0.29, 0.717) is 12.3 Å². The fourth-order valence-corrected chi connectivity index (χ4v) is 2.73. The summed E-state index contributed by atoms with van der Waals surface area (Å²) in [7, 11) is 0. The molecule has 0 saturated heterocycles. The Hall–Kier alpha value is -1.59. The number of hydrogen-bond acceptors (Lipinski definition) is 4. The molecule has 0 spiro atoms. The van der Waals surface area contributed by atoms with E-state index < -0.39 is 5.97 Å². The van der Waals surface area contributed by atoms with Gasteiger partial charge >= 0.3 is 5.97 Å². The minimum Gasteiger partial charge on any atom is -0.478 e. The lowest BCUT2D eigenvalue weighted by molar-refractivity contribution is 0.0694. The Bertz CT molecular complexity index is 537. The van der Waals surface area contributed by atoms with Crippen LogP contribution in [-0.2, 0) is 13.1 Å². The summed E-state index contributed by atoms with van der Waals surface area (Å²) in [5.74, 6) is -0.490. The van der Waals surface area contributed by atoms with Crippen LogP contribution in [-0.4, -0.2) is 11.1 Å². The summed E-state index contributed by atoms with van der Waals surface area (Å²) < 4.78 is 5.15. The molecular weight excluding hydrogens is 250 g/mol. The number of carboxylic acid groups (broad SMARTS) is 1. The van der Waals surface area contributed by atoms with Crippen LogP contribution in [0.3, 0.4) is 0 Å². The van der Waals surface area contributed by atoms with Gasteiger partial charge in [-0.1, -0.05) is 0 Å². The number of rotatable bonds is 5. The van der Waals surface area contributed by atoms with Crippen LogP contribution in [0.5, 0.6) is 0 Å². The Balaban J connectivity index is 1.92. The molecule has 18 heavy (non-hydrogen) atoms. The lowest BCUT2D eigenvalue weighted by Crippen LogP contribution is -2.13. The zero-order chi connectivity index (χ0) is 13.1. The number of hydrogen-bond donors (Lipinski definition) is 2. The molecule has 0 fully saturated rings. The van der Waals surface area contributed by atoms with Gasteiger partial charge in [-0.25, -0.2) is 4.79 Å². The van der Waals surface area contributed by atoms with E-state index >= 15 is 0 Å². The van der Waals surface area contributed by atoms with Crippen molar-refractivity contribution in [3.63, 3.8) is 0 Å². The highest BCUT2D eigenvalue weighted by atomic mass is 32.1. The third-order valence-electron chi connectivity index (χ3n) is 2.78. The van der Waals surface area contributed by atoms with E-state index in [1.165, 1.54) is 27.6 Å². The first-order chi connectivity index (χ1) is 8.58. The van der Waals surface area contributed by atoms with E-state index in [-0.39, 0.29) is 5.56 Å². The second-order valence-corrected chi connectivity index (χ2v) is 5.46. The van der Waals surface area contributed by atoms with Gasteiger partial charge in [0.15, 0.2) is 0 Å². The van der Waals surface area contributed by atoms with Crippen molar-refractivity contribution in [1.82, 2.24) is 5.32 Å². The largest absolute Gasteiger partial charge is 0.478 e. The monoisotopic (exact) mass is 265 g/mol. The molecule has 0 aliphatic carbocycles. The molecule has 2 N–H and O–H groups in total. The fourth-order valence-electron chi connectivity index (χ4n) is 1.70. The van der Waals surface area contributed by atoms with Gasteiger partial charge in [-0.2, -0.15) is 0 Å². The summed E-state index contributed by atoms with van der Waals surface area (Å²) in [6, 6.07) is 3.62. The normalized spacial score (nSPS) is 10.8. The molecule has 0 aliphatic heterocycles. The maximum atomic E-state index is 10.9. The smallest absolute Gasteiger partial charge is 0.339 e. The molecule has 5 heteroatoms. The van der Waals surface area contributed by atoms with Crippen molar-refractivity contribution in [2.24, 2.45) is 0 Å². The van der Waals surface area contributed by atoms with Gasteiger partial charge in [-0.15, -0.1) is 11.3 Å². The minimum absolute atomic E-state index is 0.223. The van der Waals surface area contributed by atoms with Gasteiger partial charge in [-0.05, 0) is 31.5 Å². The maximum Gasteiger partial charge on any atom is 0.339 e. The molecule has 0 atom stereocenters. The summed E-state index contributed by atoms with van der Waals surface area (Å²) in [6.45, 7) is 5.33. The first kappa shape index (κ1) is 12.9. The highest BCUT2D eigenvalue weighted by molar-refractivity contribution is 7.12. The fraction of sp³-hybridized carbons (Fsp3) is 0.308. The van der Waals surface area contributed by atoms with Crippen molar-refractivity contribution in [1.29, 1.82) is 0 Å². The lowest BCUT2D eigenvalue weighted by atomic mass is 10.2. The van der Waals surface area contributed by atoms with Crippen LogP contribution in [0, 0.1) is 13.8 Å². The molecule has 0 saturated carbocycles. The number of carboxylic acids is 1. The number of furan rings is 1. The standard InChI is InChI=1S/C13H15NO3S/c1-8-5-10(18-9(8)2)6-14-7-12-11(13(15)16)3-4-17-12/h3-5,14H,6-7H2,1-2H3,(H,15,16). The molecule has 0 unspecified atom stereocenters. The maximum absolute atomic E-state index is 10.9. The van der Waals surface area contributed by atoms with Crippen molar-refractivity contribution in [2.75, 3.05) is 0 Å². The lowest BCUT2D eigenvalue weighted by Gasteiger charge is -2.01. The summed E-state index contributed by atoms with van der Waals surface area (Å²) in [5, 5.41) is 12.1. The van der Waals surface area contributed by atoms with Crippen LogP contribution in [0.2, 0.25) is 0 Å². The van der Waals surface area contributed by atoms with Crippen molar-refractivity contribution < 1.29 is 14.3 Å². The molecule has 2 heterocycles. The van der Waals surface area contributed by atoms with Gasteiger partial charge in [0.25, 0.3) is 0 Å². The molecule has 96 valence electrons. The van der Waals surface area contributed by atoms with Gasteiger partial charge in [-0.3, -0.25) is 0 Å². The highest BCUT2D eigenvalue weighted by Gasteiger charge is 2.12. The molecule has 0 bridgehead atoms. The highest BCUT2D eigenvalue weighted by Crippen LogP contribution is 2.20. The van der Waals surface area contributed by atoms with Crippen LogP contribution in [0.1, 0.15) is 31.4 Å². The Kier molecular flexibility index (Phi) is 3.84. The van der Waals surface area contributed by atoms with Gasteiger partial charge < -0.3 is 14.8 Å². The van der Waals surface area contributed by atoms with Crippen molar-refractivity contribution in [3.05, 3.63) is 45.0 Å². The Morgan fingerprint density at radius 2 is 2.22 bits per heavy atom. The third kappa shape index (κ3) is 2.80. The van der Waals surface area contributed by atoms with Crippen LogP contribution in [0.4, 0.5) is 0 Å². The topological polar surface area (TPSA) is 62.5 Å². The van der Waals surface area contributed by atoms with Crippen LogP contribution < -0.4 is 5.32 Å². The van der Waals surface area contributed by atoms with E-state index in [2.05, 4.69) is 25.2 Å². The summed E-state index contributed by atoms with van der Waals surface area (Å²) >= 11 is 1.75. The predicted octanol–water partition coefficient (Wildman–Crippen LogP) is 2.95. The molecular formula is C13H15NO3S. The summed E-state index contributed by atoms with van der Waals surface area (Å²) in [6.07, 6.45) is 1.40. The van der Waals surface area contributed by atoms with Crippen LogP contribution in [0.15, 0.2) is 22.8 Å². The van der Waals surface area contributed by atoms with Gasteiger partial charge in [0.2, 0.25) is 0 Å². The van der Waals surface area contributed by atoms with E-state index in [9.17, 15) is 4.79 Å². The van der Waals surface area contributed by atoms with Crippen LogP contribution in [0.25, 0.3) is 0 Å². The van der Waals surface area contributed by atoms with Crippen LogP contribution >= 0.6 is 11.3 Å². The Labute approximate surface area is 109 Å². The molecule has 0 amide bonds. The van der Waals surface area contributed by atoms with Crippen molar-refractivity contribution >= 4 is 17.3 Å². The number of aryl methyl sites for hydroxylation is 2. The third-order valence-corrected chi connectivity index (χ3v) is 3.93. The van der Waals surface area contributed by atoms with Gasteiger partial charge in [0.05, 0.1) is 12.8 Å². The summed E-state index contributed by atoms with van der Waals surface area (Å²) in [4.78, 5) is 13.4. The molecule has 2 aromatic heterocycles. The van der Waals surface area contributed by atoms with Gasteiger partial charge in [0.1, 0.15) is 11.3 Å². The number of thiophene rings is 1. The molecule has 0 aliphatic rings. The first-order valence-electron chi connectivity index (χ1n) is 5.64. The molecule has 2 aromatic rings. The average molecular weight is 265 g/mol. The first-order valence-corrected chi connectivity index (χ1v) is 6.46. The van der Waals surface area contributed by atoms with E-state index in [4.69, 9.17) is 9.52 Å². The SMILES string of the molecule is Cc1cc(CNCc2occc2C(=O)O)sc1C. The Morgan fingerprint density at radius 3 is 2.83 bits per heavy atom. The quantitative estimate of drug-likeness (QED) is 0.872. The number of aromatic carboxylic acids is 1. The minimum atomic E-state index is -0.955. The molecule has 2 rings (SSSR count).